The van der Waals surface area contributed by atoms with Crippen LogP contribution in [-0.4, -0.2) is 55.2 Å². The van der Waals surface area contributed by atoms with Gasteiger partial charge in [0.1, 0.15) is 17.0 Å². The lowest BCUT2D eigenvalue weighted by Crippen LogP contribution is -2.56. The summed E-state index contributed by atoms with van der Waals surface area (Å²) in [6.45, 7) is 3.68. The standard InChI is InChI=1S/C27H31ClN4O7/c1-13-6-7-15(12-17(13)28)32-23(33)19-20(24(32)34)27(25(35)36,10-5-11-30-26(29)37)31-21(19)16-8-9-18(38-3)14(2)22(16)39-4/h6-9,12,19-21,31H,5,10-11H2,1-4H3,(H,35,36)(H3,29,30,37). The van der Waals surface area contributed by atoms with E-state index in [1.54, 1.807) is 38.1 Å². The van der Waals surface area contributed by atoms with Crippen molar-refractivity contribution in [3.8, 4) is 11.5 Å². The first-order chi connectivity index (χ1) is 18.5. The maximum absolute atomic E-state index is 14.0. The maximum Gasteiger partial charge on any atom is 0.324 e. The summed E-state index contributed by atoms with van der Waals surface area (Å²) >= 11 is 6.31. The molecule has 2 aromatic rings. The highest BCUT2D eigenvalue weighted by atomic mass is 35.5. The number of benzene rings is 2. The van der Waals surface area contributed by atoms with Crippen LogP contribution in [0.1, 0.15) is 35.6 Å². The average Bonchev–Trinajstić information content (AvgIpc) is 3.37. The number of amides is 4. The zero-order valence-electron chi connectivity index (χ0n) is 22.0. The number of primary amides is 1. The number of aliphatic carboxylic acids is 1. The minimum atomic E-state index is -1.82. The van der Waals surface area contributed by atoms with Crippen LogP contribution in [0.15, 0.2) is 30.3 Å². The van der Waals surface area contributed by atoms with E-state index >= 15 is 0 Å². The van der Waals surface area contributed by atoms with Crippen LogP contribution in [0.2, 0.25) is 5.02 Å². The van der Waals surface area contributed by atoms with Gasteiger partial charge >= 0.3 is 12.0 Å². The number of anilines is 1. The third-order valence-corrected chi connectivity index (χ3v) is 8.05. The van der Waals surface area contributed by atoms with E-state index in [-0.39, 0.29) is 25.1 Å². The first-order valence-electron chi connectivity index (χ1n) is 12.4. The normalized spacial score (nSPS) is 24.0. The monoisotopic (exact) mass is 558 g/mol. The number of nitrogens with zero attached hydrogens (tertiary/aromatic N) is 1. The predicted molar refractivity (Wildman–Crippen MR) is 143 cm³/mol. The van der Waals surface area contributed by atoms with Gasteiger partial charge in [0.25, 0.3) is 0 Å². The number of urea groups is 1. The minimum absolute atomic E-state index is 0.0563. The molecular formula is C27H31ClN4O7. The van der Waals surface area contributed by atoms with Gasteiger partial charge in [0.2, 0.25) is 11.8 Å². The quantitative estimate of drug-likeness (QED) is 0.270. The Hall–Kier alpha value is -3.83. The molecule has 39 heavy (non-hydrogen) atoms. The van der Waals surface area contributed by atoms with Crippen molar-refractivity contribution in [1.29, 1.82) is 0 Å². The fraction of sp³-hybridized carbons (Fsp3) is 0.407. The Morgan fingerprint density at radius 2 is 1.87 bits per heavy atom. The minimum Gasteiger partial charge on any atom is -0.496 e. The van der Waals surface area contributed by atoms with Gasteiger partial charge in [-0.3, -0.25) is 19.7 Å². The van der Waals surface area contributed by atoms with Crippen LogP contribution in [0.3, 0.4) is 0 Å². The number of fused-ring (bicyclic) bond motifs is 1. The predicted octanol–water partition coefficient (Wildman–Crippen LogP) is 2.70. The third-order valence-electron chi connectivity index (χ3n) is 7.64. The van der Waals surface area contributed by atoms with Crippen LogP contribution >= 0.6 is 11.6 Å². The van der Waals surface area contributed by atoms with Crippen LogP contribution in [0.5, 0.6) is 11.5 Å². The summed E-state index contributed by atoms with van der Waals surface area (Å²) in [7, 11) is 2.99. The summed E-state index contributed by atoms with van der Waals surface area (Å²) in [5, 5.41) is 16.5. The molecule has 2 aromatic carbocycles. The van der Waals surface area contributed by atoms with Crippen molar-refractivity contribution in [3.63, 3.8) is 0 Å². The Labute approximate surface area is 230 Å². The molecule has 0 bridgehead atoms. The molecule has 4 rings (SSSR count). The molecule has 12 heteroatoms. The van der Waals surface area contributed by atoms with E-state index in [0.29, 0.717) is 27.6 Å². The topological polar surface area (TPSA) is 160 Å². The van der Waals surface area contributed by atoms with Gasteiger partial charge in [-0.2, -0.15) is 0 Å². The summed E-state index contributed by atoms with van der Waals surface area (Å²) in [4.78, 5) is 53.1. The summed E-state index contributed by atoms with van der Waals surface area (Å²) < 4.78 is 11.1. The number of nitrogens with one attached hydrogen (secondary N) is 2. The van der Waals surface area contributed by atoms with Gasteiger partial charge in [-0.1, -0.05) is 23.7 Å². The molecule has 2 aliphatic heterocycles. The molecule has 4 atom stereocenters. The van der Waals surface area contributed by atoms with E-state index in [9.17, 15) is 24.3 Å². The number of nitrogens with two attached hydrogens (primary N) is 1. The highest BCUT2D eigenvalue weighted by Gasteiger charge is 2.68. The molecule has 208 valence electrons. The van der Waals surface area contributed by atoms with Gasteiger partial charge in [-0.25, -0.2) is 9.69 Å². The molecule has 5 N–H and O–H groups in total. The molecule has 2 aliphatic rings. The van der Waals surface area contributed by atoms with E-state index in [1.165, 1.54) is 20.3 Å². The van der Waals surface area contributed by atoms with Crippen molar-refractivity contribution in [1.82, 2.24) is 10.6 Å². The second-order valence-corrected chi connectivity index (χ2v) is 10.2. The van der Waals surface area contributed by atoms with Gasteiger partial charge in [-0.15, -0.1) is 0 Å². The first kappa shape index (κ1) is 28.2. The molecule has 4 amide bonds. The highest BCUT2D eigenvalue weighted by Crippen LogP contribution is 2.53. The average molecular weight is 559 g/mol. The molecule has 0 spiro atoms. The fourth-order valence-electron chi connectivity index (χ4n) is 5.79. The van der Waals surface area contributed by atoms with E-state index in [1.807, 2.05) is 0 Å². The number of hydrogen-bond donors (Lipinski definition) is 4. The van der Waals surface area contributed by atoms with Crippen LogP contribution in [-0.2, 0) is 14.4 Å². The Bertz CT molecular complexity index is 1350. The summed E-state index contributed by atoms with van der Waals surface area (Å²) in [5.41, 5.74) is 5.55. The lowest BCUT2D eigenvalue weighted by Gasteiger charge is -2.31. The number of carboxylic acids is 1. The largest absolute Gasteiger partial charge is 0.496 e. The molecule has 0 saturated carbocycles. The number of hydrogen-bond acceptors (Lipinski definition) is 7. The van der Waals surface area contributed by atoms with Crippen LogP contribution in [0.4, 0.5) is 10.5 Å². The second kappa shape index (κ2) is 10.7. The molecule has 2 heterocycles. The molecule has 0 radical (unpaired) electrons. The molecule has 0 aromatic heterocycles. The summed E-state index contributed by atoms with van der Waals surface area (Å²) in [6, 6.07) is 6.61. The summed E-state index contributed by atoms with van der Waals surface area (Å²) in [6.07, 6.45) is 0.133. The van der Waals surface area contributed by atoms with Gasteiger partial charge in [0.05, 0.1) is 31.7 Å². The van der Waals surface area contributed by atoms with Crippen molar-refractivity contribution in [2.24, 2.45) is 17.6 Å². The van der Waals surface area contributed by atoms with Crippen LogP contribution < -0.4 is 30.7 Å². The Kier molecular flexibility index (Phi) is 7.76. The van der Waals surface area contributed by atoms with Crippen LogP contribution in [0.25, 0.3) is 0 Å². The second-order valence-electron chi connectivity index (χ2n) is 9.76. The van der Waals surface area contributed by atoms with Gasteiger partial charge < -0.3 is 25.6 Å². The van der Waals surface area contributed by atoms with Crippen molar-refractivity contribution in [3.05, 3.63) is 52.0 Å². The number of methoxy groups -OCH3 is 2. The zero-order valence-corrected chi connectivity index (χ0v) is 22.8. The van der Waals surface area contributed by atoms with Crippen molar-refractivity contribution in [2.75, 3.05) is 25.7 Å². The van der Waals surface area contributed by atoms with E-state index in [2.05, 4.69) is 10.6 Å². The van der Waals surface area contributed by atoms with Crippen molar-refractivity contribution >= 4 is 41.1 Å². The number of carboxylic acid groups (broad SMARTS) is 1. The van der Waals surface area contributed by atoms with Gasteiger partial charge in [-0.05, 0) is 50.5 Å². The Morgan fingerprint density at radius 3 is 2.46 bits per heavy atom. The van der Waals surface area contributed by atoms with E-state index in [4.69, 9.17) is 26.8 Å². The number of rotatable bonds is 9. The number of ether oxygens (including phenoxy) is 2. The van der Waals surface area contributed by atoms with Crippen molar-refractivity contribution < 1.29 is 33.8 Å². The SMILES string of the molecule is COc1ccc(C2NC(CCCNC(N)=O)(C(=O)O)C3C(=O)N(c4ccc(C)c(Cl)c4)C(=O)C23)c(OC)c1C. The molecular weight excluding hydrogens is 528 g/mol. The van der Waals surface area contributed by atoms with Gasteiger partial charge in [0.15, 0.2) is 0 Å². The molecule has 11 nitrogen and oxygen atoms in total. The number of carbonyl (C=O) groups is 4. The molecule has 4 unspecified atom stereocenters. The molecule has 0 aliphatic carbocycles. The number of carbonyl (C=O) groups excluding carboxylic acids is 3. The Balaban J connectivity index is 1.86. The highest BCUT2D eigenvalue weighted by molar-refractivity contribution is 6.32. The maximum atomic E-state index is 14.0. The number of halogens is 1. The molecule has 2 fully saturated rings. The first-order valence-corrected chi connectivity index (χ1v) is 12.8. The van der Waals surface area contributed by atoms with E-state index < -0.39 is 47.2 Å². The zero-order chi connectivity index (χ0) is 28.6. The van der Waals surface area contributed by atoms with Crippen molar-refractivity contribution in [2.45, 2.75) is 38.3 Å². The van der Waals surface area contributed by atoms with Crippen LogP contribution in [0, 0.1) is 25.7 Å². The number of aryl methyl sites for hydroxylation is 1. The Morgan fingerprint density at radius 1 is 1.15 bits per heavy atom. The lowest BCUT2D eigenvalue weighted by molar-refractivity contribution is -0.149. The van der Waals surface area contributed by atoms with Gasteiger partial charge in [0, 0.05) is 28.7 Å². The fourth-order valence-corrected chi connectivity index (χ4v) is 5.96. The third kappa shape index (κ3) is 4.65. The smallest absolute Gasteiger partial charge is 0.324 e. The molecule has 2 saturated heterocycles. The van der Waals surface area contributed by atoms with E-state index in [0.717, 1.165) is 10.5 Å². The summed E-state index contributed by atoms with van der Waals surface area (Å²) in [5.74, 6) is -3.80. The number of imide groups is 1. The lowest BCUT2D eigenvalue weighted by atomic mass is 9.76.